The topological polar surface area (TPSA) is 38.3 Å². The Labute approximate surface area is 124 Å². The van der Waals surface area contributed by atoms with Gasteiger partial charge in [0, 0.05) is 17.5 Å². The number of fused-ring (bicyclic) bond motifs is 1. The van der Waals surface area contributed by atoms with Gasteiger partial charge in [0.25, 0.3) is 5.91 Å². The van der Waals surface area contributed by atoms with Crippen LogP contribution in [-0.2, 0) is 11.2 Å². The molecule has 1 aromatic rings. The van der Waals surface area contributed by atoms with Crippen LogP contribution in [0.3, 0.4) is 0 Å². The second-order valence-corrected chi connectivity index (χ2v) is 6.46. The van der Waals surface area contributed by atoms with Gasteiger partial charge in [0.05, 0.1) is 0 Å². The van der Waals surface area contributed by atoms with Gasteiger partial charge in [-0.25, -0.2) is 0 Å². The molecule has 1 atom stereocenters. The van der Waals surface area contributed by atoms with Gasteiger partial charge in [-0.15, -0.1) is 0 Å². The van der Waals surface area contributed by atoms with Crippen molar-refractivity contribution in [1.82, 2.24) is 5.32 Å². The molecule has 0 aromatic heterocycles. The summed E-state index contributed by atoms with van der Waals surface area (Å²) >= 11 is 5.96. The summed E-state index contributed by atoms with van der Waals surface area (Å²) in [6.45, 7) is 2.28. The largest absolute Gasteiger partial charge is 0.480 e. The van der Waals surface area contributed by atoms with E-state index >= 15 is 0 Å². The van der Waals surface area contributed by atoms with E-state index in [2.05, 4.69) is 12.2 Å². The molecule has 1 aromatic carbocycles. The molecule has 0 spiro atoms. The summed E-state index contributed by atoms with van der Waals surface area (Å²) in [4.78, 5) is 12.3. The minimum absolute atomic E-state index is 0.0110. The Morgan fingerprint density at radius 2 is 2.05 bits per heavy atom. The Kier molecular flexibility index (Phi) is 3.88. The van der Waals surface area contributed by atoms with Crippen LogP contribution in [0.25, 0.3) is 0 Å². The second-order valence-electron chi connectivity index (χ2n) is 6.03. The van der Waals surface area contributed by atoms with Crippen LogP contribution >= 0.6 is 11.6 Å². The first-order valence-corrected chi connectivity index (χ1v) is 7.75. The van der Waals surface area contributed by atoms with Gasteiger partial charge in [-0.1, -0.05) is 18.5 Å². The third-order valence-electron chi connectivity index (χ3n) is 4.35. The van der Waals surface area contributed by atoms with E-state index in [1.54, 1.807) is 6.07 Å². The lowest BCUT2D eigenvalue weighted by Gasteiger charge is -2.27. The Hall–Kier alpha value is -1.22. The summed E-state index contributed by atoms with van der Waals surface area (Å²) in [5.74, 6) is 1.58. The highest BCUT2D eigenvalue weighted by Gasteiger charge is 2.31. The van der Waals surface area contributed by atoms with Crippen LogP contribution in [0.15, 0.2) is 18.2 Å². The summed E-state index contributed by atoms with van der Waals surface area (Å²) < 4.78 is 5.72. The molecule has 2 aliphatic rings. The molecule has 1 aliphatic carbocycles. The highest BCUT2D eigenvalue weighted by Crippen LogP contribution is 2.31. The summed E-state index contributed by atoms with van der Waals surface area (Å²) in [6, 6.07) is 5.83. The molecular formula is C16H20ClNO2. The lowest BCUT2D eigenvalue weighted by Crippen LogP contribution is -2.44. The maximum Gasteiger partial charge on any atom is 0.261 e. The predicted molar refractivity (Wildman–Crippen MR) is 79.1 cm³/mol. The van der Waals surface area contributed by atoms with Gasteiger partial charge in [0.2, 0.25) is 0 Å². The second kappa shape index (κ2) is 5.65. The van der Waals surface area contributed by atoms with Crippen molar-refractivity contribution in [1.29, 1.82) is 0 Å². The number of hydrogen-bond donors (Lipinski definition) is 1. The van der Waals surface area contributed by atoms with Gasteiger partial charge >= 0.3 is 0 Å². The highest BCUT2D eigenvalue weighted by molar-refractivity contribution is 6.30. The van der Waals surface area contributed by atoms with E-state index in [-0.39, 0.29) is 5.91 Å². The highest BCUT2D eigenvalue weighted by atomic mass is 35.5. The van der Waals surface area contributed by atoms with Crippen molar-refractivity contribution in [3.8, 4) is 5.75 Å². The van der Waals surface area contributed by atoms with Crippen LogP contribution in [0.1, 0.15) is 38.2 Å². The Morgan fingerprint density at radius 1 is 1.30 bits per heavy atom. The third-order valence-corrected chi connectivity index (χ3v) is 4.59. The molecule has 0 bridgehead atoms. The zero-order chi connectivity index (χ0) is 14.1. The number of carbonyl (C=O) groups is 1. The van der Waals surface area contributed by atoms with Gasteiger partial charge in [0.1, 0.15) is 5.75 Å². The Balaban J connectivity index is 1.57. The fourth-order valence-corrected chi connectivity index (χ4v) is 3.26. The molecule has 20 heavy (non-hydrogen) atoms. The first-order valence-electron chi connectivity index (χ1n) is 7.37. The van der Waals surface area contributed by atoms with Crippen molar-refractivity contribution in [2.75, 3.05) is 0 Å². The minimum Gasteiger partial charge on any atom is -0.480 e. The lowest BCUT2D eigenvalue weighted by atomic mass is 9.87. The van der Waals surface area contributed by atoms with E-state index in [9.17, 15) is 4.79 Å². The monoisotopic (exact) mass is 293 g/mol. The van der Waals surface area contributed by atoms with Crippen LogP contribution in [0.2, 0.25) is 5.02 Å². The maximum atomic E-state index is 12.3. The van der Waals surface area contributed by atoms with Gasteiger partial charge < -0.3 is 10.1 Å². The maximum absolute atomic E-state index is 12.3. The smallest absolute Gasteiger partial charge is 0.261 e. The van der Waals surface area contributed by atoms with Crippen molar-refractivity contribution in [2.45, 2.75) is 51.2 Å². The molecule has 1 saturated carbocycles. The predicted octanol–water partition coefficient (Wildman–Crippen LogP) is 3.34. The average Bonchev–Trinajstić information content (AvgIpc) is 2.84. The first-order chi connectivity index (χ1) is 9.61. The number of carbonyl (C=O) groups excluding carboxylic acids is 1. The number of halogens is 1. The molecule has 1 heterocycles. The number of nitrogens with one attached hydrogen (secondary N) is 1. The Morgan fingerprint density at radius 3 is 2.80 bits per heavy atom. The quantitative estimate of drug-likeness (QED) is 0.908. The van der Waals surface area contributed by atoms with Gasteiger partial charge in [-0.05, 0) is 55.4 Å². The number of benzene rings is 1. The standard InChI is InChI=1S/C16H20ClNO2/c1-10-2-5-13(6-3-10)18-16(19)15-9-11-8-12(17)4-7-14(11)20-15/h4,7-8,10,13,15H,2-3,5-6,9H2,1H3,(H,18,19)/t10?,13?,15-/m1/s1. The van der Waals surface area contributed by atoms with E-state index in [0.717, 1.165) is 30.1 Å². The van der Waals surface area contributed by atoms with E-state index < -0.39 is 6.10 Å². The normalized spacial score (nSPS) is 28.6. The molecular weight excluding hydrogens is 274 g/mol. The van der Waals surface area contributed by atoms with Crippen LogP contribution in [0.5, 0.6) is 5.75 Å². The number of rotatable bonds is 2. The van der Waals surface area contributed by atoms with Gasteiger partial charge in [-0.2, -0.15) is 0 Å². The third kappa shape index (κ3) is 2.93. The summed E-state index contributed by atoms with van der Waals surface area (Å²) in [7, 11) is 0. The van der Waals surface area contributed by atoms with Crippen molar-refractivity contribution < 1.29 is 9.53 Å². The number of hydrogen-bond acceptors (Lipinski definition) is 2. The van der Waals surface area contributed by atoms with Crippen molar-refractivity contribution in [3.05, 3.63) is 28.8 Å². The van der Waals surface area contributed by atoms with Crippen molar-refractivity contribution in [3.63, 3.8) is 0 Å². The van der Waals surface area contributed by atoms with E-state index in [1.807, 2.05) is 12.1 Å². The molecule has 4 heteroatoms. The molecule has 0 unspecified atom stereocenters. The molecule has 3 nitrogen and oxygen atoms in total. The summed E-state index contributed by atoms with van der Waals surface area (Å²) in [6.07, 6.45) is 4.78. The molecule has 1 N–H and O–H groups in total. The van der Waals surface area contributed by atoms with E-state index in [4.69, 9.17) is 16.3 Å². The van der Waals surface area contributed by atoms with Crippen LogP contribution in [0.4, 0.5) is 0 Å². The number of ether oxygens (including phenoxy) is 1. The summed E-state index contributed by atoms with van der Waals surface area (Å²) in [5.41, 5.74) is 1.02. The fourth-order valence-electron chi connectivity index (χ4n) is 3.06. The molecule has 0 saturated heterocycles. The van der Waals surface area contributed by atoms with Gasteiger partial charge in [0.15, 0.2) is 6.10 Å². The Bertz CT molecular complexity index is 509. The SMILES string of the molecule is CC1CCC(NC(=O)[C@H]2Cc3cc(Cl)ccc3O2)CC1. The van der Waals surface area contributed by atoms with Crippen LogP contribution in [0, 0.1) is 5.92 Å². The molecule has 1 aliphatic heterocycles. The molecule has 1 fully saturated rings. The molecule has 1 amide bonds. The minimum atomic E-state index is -0.400. The molecule has 108 valence electrons. The van der Waals surface area contributed by atoms with Crippen LogP contribution < -0.4 is 10.1 Å². The molecule has 3 rings (SSSR count). The first kappa shape index (κ1) is 13.7. The van der Waals surface area contributed by atoms with E-state index in [1.165, 1.54) is 12.8 Å². The fraction of sp³-hybridized carbons (Fsp3) is 0.562. The van der Waals surface area contributed by atoms with Crippen LogP contribution in [-0.4, -0.2) is 18.1 Å². The van der Waals surface area contributed by atoms with Gasteiger partial charge in [-0.3, -0.25) is 4.79 Å². The zero-order valence-corrected chi connectivity index (χ0v) is 12.5. The lowest BCUT2D eigenvalue weighted by molar-refractivity contribution is -0.128. The average molecular weight is 294 g/mol. The van der Waals surface area contributed by atoms with Crippen molar-refractivity contribution >= 4 is 17.5 Å². The zero-order valence-electron chi connectivity index (χ0n) is 11.7. The summed E-state index contributed by atoms with van der Waals surface area (Å²) in [5, 5.41) is 3.82. The molecule has 0 radical (unpaired) electrons. The number of amides is 1. The van der Waals surface area contributed by atoms with E-state index in [0.29, 0.717) is 17.5 Å². The van der Waals surface area contributed by atoms with Crippen molar-refractivity contribution in [2.24, 2.45) is 5.92 Å².